The normalized spacial score (nSPS) is 25.7. The smallest absolute Gasteiger partial charge is 0.416 e. The number of aromatic nitrogens is 1. The molecule has 0 radical (unpaired) electrons. The predicted molar refractivity (Wildman–Crippen MR) is 178 cm³/mol. The van der Waals surface area contributed by atoms with Gasteiger partial charge in [0.05, 0.1) is 37.5 Å². The van der Waals surface area contributed by atoms with E-state index in [0.29, 0.717) is 56.4 Å². The van der Waals surface area contributed by atoms with Crippen LogP contribution in [0.3, 0.4) is 0 Å². The summed E-state index contributed by atoms with van der Waals surface area (Å²) in [5.41, 5.74) is 0.235. The number of pyridine rings is 1. The minimum absolute atomic E-state index is 0.114. The van der Waals surface area contributed by atoms with Crippen LogP contribution in [0.2, 0.25) is 0 Å². The second kappa shape index (κ2) is 13.5. The summed E-state index contributed by atoms with van der Waals surface area (Å²) in [5, 5.41) is 5.69. The van der Waals surface area contributed by atoms with Crippen LogP contribution in [0.25, 0.3) is 0 Å². The first-order chi connectivity index (χ1) is 24.9. The van der Waals surface area contributed by atoms with Gasteiger partial charge in [0.25, 0.3) is 5.91 Å². The molecule has 0 bridgehead atoms. The number of hydrogen-bond acceptors (Lipinski definition) is 8. The Hall–Kier alpha value is -3.82. The molecule has 15 heteroatoms. The van der Waals surface area contributed by atoms with Crippen molar-refractivity contribution in [2.75, 3.05) is 44.8 Å². The highest BCUT2D eigenvalue weighted by Gasteiger charge is 2.52. The number of piperidine rings is 1. The Labute approximate surface area is 298 Å². The number of nitrogens with zero attached hydrogens (tertiary/aromatic N) is 3. The van der Waals surface area contributed by atoms with Crippen molar-refractivity contribution in [3.8, 4) is 5.75 Å². The average molecular weight is 730 g/mol. The average Bonchev–Trinajstić information content (AvgIpc) is 4.01. The minimum atomic E-state index is -4.69. The van der Waals surface area contributed by atoms with Gasteiger partial charge in [-0.05, 0) is 81.4 Å². The summed E-state index contributed by atoms with van der Waals surface area (Å²) in [6.45, 7) is 2.88. The van der Waals surface area contributed by atoms with E-state index in [2.05, 4.69) is 20.5 Å². The lowest BCUT2D eigenvalue weighted by atomic mass is 9.79. The maximum Gasteiger partial charge on any atom is 0.416 e. The van der Waals surface area contributed by atoms with Crippen molar-refractivity contribution in [1.82, 2.24) is 20.1 Å². The Balaban J connectivity index is 1.09. The Morgan fingerprint density at radius 2 is 1.77 bits per heavy atom. The van der Waals surface area contributed by atoms with Gasteiger partial charge in [0.2, 0.25) is 11.8 Å². The number of morpholine rings is 1. The molecule has 4 aliphatic heterocycles. The van der Waals surface area contributed by atoms with Crippen LogP contribution < -0.4 is 15.4 Å². The zero-order valence-electron chi connectivity index (χ0n) is 28.9. The first-order valence-corrected chi connectivity index (χ1v) is 18.2. The van der Waals surface area contributed by atoms with Crippen LogP contribution in [-0.2, 0) is 19.1 Å². The summed E-state index contributed by atoms with van der Waals surface area (Å²) in [5.74, 6) is -1.81. The molecule has 2 unspecified atom stereocenters. The Kier molecular flexibility index (Phi) is 9.18. The molecule has 1 aromatic heterocycles. The van der Waals surface area contributed by atoms with Crippen molar-refractivity contribution in [3.63, 3.8) is 0 Å². The fourth-order valence-corrected chi connectivity index (χ4v) is 8.50. The number of fused-ring (bicyclic) bond motifs is 1. The van der Waals surface area contributed by atoms with Crippen molar-refractivity contribution in [2.24, 2.45) is 17.8 Å². The monoisotopic (exact) mass is 729 g/mol. The fraction of sp³-hybridized carbons (Fsp3) is 0.622. The topological polar surface area (TPSA) is 122 Å². The lowest BCUT2D eigenvalue weighted by molar-refractivity contribution is -0.238. The molecular weight excluding hydrogens is 686 g/mol. The number of ether oxygens (including phenoxy) is 3. The molecule has 2 N–H and O–H groups in total. The number of anilines is 1. The van der Waals surface area contributed by atoms with E-state index in [9.17, 15) is 27.6 Å². The third kappa shape index (κ3) is 7.11. The minimum Gasteiger partial charge on any atom is -0.487 e. The van der Waals surface area contributed by atoms with Gasteiger partial charge in [-0.15, -0.1) is 0 Å². The van der Waals surface area contributed by atoms with E-state index in [4.69, 9.17) is 14.2 Å². The number of benzene rings is 1. The molecule has 2 saturated carbocycles. The number of nitrogens with one attached hydrogen (secondary N) is 2. The van der Waals surface area contributed by atoms with Crippen molar-refractivity contribution in [2.45, 2.75) is 87.9 Å². The maximum atomic E-state index is 16.1. The van der Waals surface area contributed by atoms with Crippen LogP contribution in [-0.4, -0.2) is 102 Å². The first-order valence-electron chi connectivity index (χ1n) is 18.2. The van der Waals surface area contributed by atoms with Gasteiger partial charge in [-0.2, -0.15) is 13.2 Å². The largest absolute Gasteiger partial charge is 0.487 e. The van der Waals surface area contributed by atoms with E-state index in [1.54, 1.807) is 19.1 Å². The maximum absolute atomic E-state index is 16.1. The van der Waals surface area contributed by atoms with E-state index in [0.717, 1.165) is 36.6 Å². The SMILES string of the molecule is Cc1cc(C(=O)N[C@H](C(=O)Nc2cc3c(cc2F)C(N2CC(C(F)(F)F)OCC2=O)CC2(CCN(C4COC4)CC2)O3)C(C2CC2)C2CC2)ccn1. The number of alkyl halides is 3. The highest BCUT2D eigenvalue weighted by Crippen LogP contribution is 2.52. The van der Waals surface area contributed by atoms with E-state index < -0.39 is 66.7 Å². The standard InChI is InChI=1S/C37H43F4N5O6/c1-20-12-23(6-9-42-20)34(48)44-33(32(21-2-3-21)22-4-5-22)35(49)43-27-14-29-25(13-26(27)38)28(46-16-30(37(39,40)41)51-19-31(46)47)15-36(52-29)7-10-45(11-8-36)24-17-50-18-24/h6,9,12-14,21-22,24,28,30,32-33H,2-5,7-8,10-11,15-19H2,1H3,(H,43,49)(H,44,48)/t28?,30?,33-/m0/s1. The molecule has 3 amide bonds. The summed E-state index contributed by atoms with van der Waals surface area (Å²) >= 11 is 0. The lowest BCUT2D eigenvalue weighted by Gasteiger charge is -2.51. The highest BCUT2D eigenvalue weighted by molar-refractivity contribution is 6.01. The number of aryl methyl sites for hydroxylation is 1. The molecular formula is C37H43F4N5O6. The number of halogens is 4. The number of hydrogen-bond donors (Lipinski definition) is 2. The van der Waals surface area contributed by atoms with Gasteiger partial charge in [0.1, 0.15) is 29.8 Å². The number of amides is 3. The van der Waals surface area contributed by atoms with Gasteiger partial charge in [-0.3, -0.25) is 24.3 Å². The summed E-state index contributed by atoms with van der Waals surface area (Å²) < 4.78 is 74.6. The van der Waals surface area contributed by atoms with Gasteiger partial charge in [0.15, 0.2) is 6.10 Å². The second-order valence-electron chi connectivity index (χ2n) is 15.4. The van der Waals surface area contributed by atoms with E-state index in [1.807, 2.05) is 0 Å². The molecule has 1 aromatic carbocycles. The van der Waals surface area contributed by atoms with Crippen LogP contribution in [0.1, 0.15) is 72.6 Å². The molecule has 3 atom stereocenters. The third-order valence-electron chi connectivity index (χ3n) is 11.7. The van der Waals surface area contributed by atoms with Crippen LogP contribution in [0.5, 0.6) is 5.75 Å². The van der Waals surface area contributed by atoms with Crippen molar-refractivity contribution < 1.29 is 46.2 Å². The molecule has 6 aliphatic rings. The van der Waals surface area contributed by atoms with Gasteiger partial charge in [-0.1, -0.05) is 0 Å². The Morgan fingerprint density at radius 1 is 1.06 bits per heavy atom. The summed E-state index contributed by atoms with van der Waals surface area (Å²) in [6, 6.07) is 4.20. The third-order valence-corrected chi connectivity index (χ3v) is 11.7. The zero-order valence-corrected chi connectivity index (χ0v) is 28.9. The fourth-order valence-electron chi connectivity index (χ4n) is 8.50. The second-order valence-corrected chi connectivity index (χ2v) is 15.4. The molecule has 5 heterocycles. The van der Waals surface area contributed by atoms with Gasteiger partial charge in [0, 0.05) is 48.6 Å². The van der Waals surface area contributed by atoms with Crippen LogP contribution >= 0.6 is 0 Å². The molecule has 280 valence electrons. The van der Waals surface area contributed by atoms with Crippen molar-refractivity contribution >= 4 is 23.4 Å². The Morgan fingerprint density at radius 3 is 2.38 bits per heavy atom. The van der Waals surface area contributed by atoms with Crippen molar-refractivity contribution in [3.05, 3.63) is 53.1 Å². The number of likely N-dealkylation sites (tertiary alicyclic amines) is 1. The molecule has 8 rings (SSSR count). The summed E-state index contributed by atoms with van der Waals surface area (Å²) in [7, 11) is 0. The van der Waals surface area contributed by atoms with Crippen molar-refractivity contribution in [1.29, 1.82) is 0 Å². The zero-order chi connectivity index (χ0) is 36.4. The number of carbonyl (C=O) groups is 3. The molecule has 3 saturated heterocycles. The molecule has 5 fully saturated rings. The number of carbonyl (C=O) groups excluding carboxylic acids is 3. The highest BCUT2D eigenvalue weighted by atomic mass is 19.4. The molecule has 11 nitrogen and oxygen atoms in total. The quantitative estimate of drug-likeness (QED) is 0.361. The van der Waals surface area contributed by atoms with E-state index in [1.165, 1.54) is 12.3 Å². The van der Waals surface area contributed by atoms with Gasteiger partial charge in [-0.25, -0.2) is 4.39 Å². The van der Waals surface area contributed by atoms with E-state index >= 15 is 4.39 Å². The van der Waals surface area contributed by atoms with Crippen LogP contribution in [0.15, 0.2) is 30.5 Å². The van der Waals surface area contributed by atoms with Crippen LogP contribution in [0, 0.1) is 30.5 Å². The van der Waals surface area contributed by atoms with Gasteiger partial charge >= 0.3 is 6.18 Å². The predicted octanol–water partition coefficient (Wildman–Crippen LogP) is 4.55. The molecule has 52 heavy (non-hydrogen) atoms. The van der Waals surface area contributed by atoms with Crippen LogP contribution in [0.4, 0.5) is 23.2 Å². The summed E-state index contributed by atoms with van der Waals surface area (Å²) in [4.78, 5) is 48.4. The Bertz CT molecular complexity index is 1710. The molecule has 2 aliphatic carbocycles. The first kappa shape index (κ1) is 35.2. The van der Waals surface area contributed by atoms with Gasteiger partial charge < -0.3 is 29.7 Å². The summed E-state index contributed by atoms with van der Waals surface area (Å²) in [6.07, 6.45) is -0.308. The number of rotatable bonds is 9. The molecule has 1 spiro atoms. The van der Waals surface area contributed by atoms with E-state index in [-0.39, 0.29) is 41.2 Å². The lowest BCUT2D eigenvalue weighted by Crippen LogP contribution is -2.59. The molecule has 2 aromatic rings.